The van der Waals surface area contributed by atoms with Crippen LogP contribution in [0.15, 0.2) is 40.8 Å². The Kier molecular flexibility index (Phi) is 5.67. The maximum Gasteiger partial charge on any atom is 0.313 e. The third-order valence-electron chi connectivity index (χ3n) is 3.02. The molecule has 1 aromatic carbocycles. The monoisotopic (exact) mass is 353 g/mol. The topological polar surface area (TPSA) is 118 Å². The van der Waals surface area contributed by atoms with Gasteiger partial charge in [0, 0.05) is 17.6 Å². The summed E-state index contributed by atoms with van der Waals surface area (Å²) < 4.78 is 10.7. The van der Waals surface area contributed by atoms with Crippen LogP contribution in [0.5, 0.6) is 11.7 Å². The molecule has 2 rings (SSSR count). The van der Waals surface area contributed by atoms with E-state index in [1.54, 1.807) is 24.3 Å². The molecule has 1 heterocycles. The Hall–Kier alpha value is -2.71. The van der Waals surface area contributed by atoms with E-state index in [9.17, 15) is 14.8 Å². The molecule has 0 aliphatic carbocycles. The van der Waals surface area contributed by atoms with E-state index in [2.05, 4.69) is 5.32 Å². The highest BCUT2D eigenvalue weighted by molar-refractivity contribution is 6.30. The van der Waals surface area contributed by atoms with Crippen molar-refractivity contribution in [2.24, 2.45) is 5.73 Å². The number of amides is 3. The van der Waals surface area contributed by atoms with Crippen molar-refractivity contribution in [1.29, 1.82) is 0 Å². The minimum Gasteiger partial charge on any atom is -0.426 e. The SMILES string of the molecule is C[C@@H](CNC(N)=O)N(O)C(=O)c1ccc(Oc2ccc(Cl)cc2)o1. The highest BCUT2D eigenvalue weighted by Crippen LogP contribution is 2.25. The zero-order valence-electron chi connectivity index (χ0n) is 12.7. The molecule has 2 aromatic rings. The fraction of sp³-hybridized carbons (Fsp3) is 0.200. The minimum atomic E-state index is -0.778. The van der Waals surface area contributed by atoms with E-state index < -0.39 is 18.0 Å². The molecule has 0 unspecified atom stereocenters. The number of benzene rings is 1. The van der Waals surface area contributed by atoms with Gasteiger partial charge in [0.15, 0.2) is 5.76 Å². The summed E-state index contributed by atoms with van der Waals surface area (Å²) in [5.74, 6) is -0.336. The van der Waals surface area contributed by atoms with Gasteiger partial charge in [-0.15, -0.1) is 0 Å². The number of hydrogen-bond donors (Lipinski definition) is 3. The van der Waals surface area contributed by atoms with Gasteiger partial charge in [-0.05, 0) is 37.3 Å². The maximum atomic E-state index is 12.1. The van der Waals surface area contributed by atoms with Crippen molar-refractivity contribution in [2.75, 3.05) is 6.54 Å². The van der Waals surface area contributed by atoms with Crippen LogP contribution in [0.25, 0.3) is 0 Å². The third kappa shape index (κ3) is 4.64. The second kappa shape index (κ2) is 7.71. The van der Waals surface area contributed by atoms with Crippen LogP contribution in [-0.4, -0.2) is 34.8 Å². The first-order valence-corrected chi connectivity index (χ1v) is 7.33. The predicted molar refractivity (Wildman–Crippen MR) is 85.2 cm³/mol. The molecule has 0 radical (unpaired) electrons. The summed E-state index contributed by atoms with van der Waals surface area (Å²) in [5.41, 5.74) is 4.94. The van der Waals surface area contributed by atoms with Crippen molar-refractivity contribution in [3.05, 3.63) is 47.2 Å². The van der Waals surface area contributed by atoms with Crippen LogP contribution in [0.3, 0.4) is 0 Å². The lowest BCUT2D eigenvalue weighted by molar-refractivity contribution is -0.0844. The molecule has 1 atom stereocenters. The number of ether oxygens (including phenoxy) is 1. The van der Waals surface area contributed by atoms with Gasteiger partial charge in [-0.2, -0.15) is 0 Å². The smallest absolute Gasteiger partial charge is 0.313 e. The molecular formula is C15H16ClN3O5. The van der Waals surface area contributed by atoms with Gasteiger partial charge in [0.25, 0.3) is 5.95 Å². The van der Waals surface area contributed by atoms with Crippen LogP contribution in [0.4, 0.5) is 4.79 Å². The largest absolute Gasteiger partial charge is 0.426 e. The van der Waals surface area contributed by atoms with Crippen LogP contribution in [0, 0.1) is 0 Å². The molecule has 0 saturated heterocycles. The Balaban J connectivity index is 1.99. The Morgan fingerprint density at radius 3 is 2.62 bits per heavy atom. The first-order chi connectivity index (χ1) is 11.4. The standard InChI is InChI=1S/C15H16ClN3O5/c1-9(8-18-15(17)21)19(22)14(20)12-6-7-13(24-12)23-11-4-2-10(16)3-5-11/h2-7,9,22H,8H2,1H3,(H3,17,18,21)/t9-/m0/s1. The highest BCUT2D eigenvalue weighted by atomic mass is 35.5. The summed E-state index contributed by atoms with van der Waals surface area (Å²) >= 11 is 5.78. The maximum absolute atomic E-state index is 12.1. The molecule has 128 valence electrons. The molecule has 0 fully saturated rings. The molecular weight excluding hydrogens is 338 g/mol. The number of furan rings is 1. The van der Waals surface area contributed by atoms with E-state index in [4.69, 9.17) is 26.5 Å². The molecule has 0 spiro atoms. The summed E-state index contributed by atoms with van der Waals surface area (Å²) in [6.07, 6.45) is 0. The fourth-order valence-electron chi connectivity index (χ4n) is 1.76. The lowest BCUT2D eigenvalue weighted by Gasteiger charge is -2.21. The Bertz CT molecular complexity index is 716. The summed E-state index contributed by atoms with van der Waals surface area (Å²) in [5, 5.41) is 13.2. The number of nitrogens with two attached hydrogens (primary N) is 1. The number of nitrogens with one attached hydrogen (secondary N) is 1. The van der Waals surface area contributed by atoms with Gasteiger partial charge in [-0.1, -0.05) is 11.6 Å². The van der Waals surface area contributed by atoms with Gasteiger partial charge in [-0.25, -0.2) is 9.86 Å². The summed E-state index contributed by atoms with van der Waals surface area (Å²) in [7, 11) is 0. The summed E-state index contributed by atoms with van der Waals surface area (Å²) in [4.78, 5) is 22.8. The van der Waals surface area contributed by atoms with Gasteiger partial charge >= 0.3 is 11.9 Å². The molecule has 24 heavy (non-hydrogen) atoms. The van der Waals surface area contributed by atoms with Crippen LogP contribution < -0.4 is 15.8 Å². The number of carbonyl (C=O) groups excluding carboxylic acids is 2. The van der Waals surface area contributed by atoms with Crippen LogP contribution in [0.1, 0.15) is 17.5 Å². The van der Waals surface area contributed by atoms with Crippen molar-refractivity contribution in [3.63, 3.8) is 0 Å². The minimum absolute atomic E-state index is 0.00753. The number of halogens is 1. The molecule has 8 nitrogen and oxygen atoms in total. The van der Waals surface area contributed by atoms with Gasteiger partial charge in [0.1, 0.15) is 5.75 Å². The van der Waals surface area contributed by atoms with Crippen molar-refractivity contribution < 1.29 is 24.0 Å². The molecule has 0 bridgehead atoms. The second-order valence-electron chi connectivity index (χ2n) is 4.92. The quantitative estimate of drug-likeness (QED) is 0.545. The molecule has 1 aromatic heterocycles. The molecule has 0 aliphatic heterocycles. The fourth-order valence-corrected chi connectivity index (χ4v) is 1.88. The number of nitrogens with zero attached hydrogens (tertiary/aromatic N) is 1. The molecule has 0 saturated carbocycles. The number of carbonyl (C=O) groups is 2. The number of urea groups is 1. The van der Waals surface area contributed by atoms with Gasteiger partial charge in [-0.3, -0.25) is 10.0 Å². The molecule has 3 amide bonds. The number of hydrogen-bond acceptors (Lipinski definition) is 5. The zero-order valence-corrected chi connectivity index (χ0v) is 13.5. The van der Waals surface area contributed by atoms with E-state index in [1.165, 1.54) is 19.1 Å². The van der Waals surface area contributed by atoms with Crippen LogP contribution in [-0.2, 0) is 0 Å². The highest BCUT2D eigenvalue weighted by Gasteiger charge is 2.23. The zero-order chi connectivity index (χ0) is 17.7. The number of primary amides is 1. The Morgan fingerprint density at radius 1 is 1.33 bits per heavy atom. The first-order valence-electron chi connectivity index (χ1n) is 6.96. The Morgan fingerprint density at radius 2 is 2.00 bits per heavy atom. The van der Waals surface area contributed by atoms with Crippen molar-refractivity contribution in [3.8, 4) is 11.7 Å². The van der Waals surface area contributed by atoms with Crippen molar-refractivity contribution >= 4 is 23.5 Å². The van der Waals surface area contributed by atoms with Crippen LogP contribution >= 0.6 is 11.6 Å². The van der Waals surface area contributed by atoms with E-state index >= 15 is 0 Å². The van der Waals surface area contributed by atoms with E-state index in [-0.39, 0.29) is 18.3 Å². The summed E-state index contributed by atoms with van der Waals surface area (Å²) in [6.45, 7) is 1.52. The van der Waals surface area contributed by atoms with E-state index in [0.717, 1.165) is 0 Å². The van der Waals surface area contributed by atoms with Gasteiger partial charge in [0.05, 0.1) is 6.04 Å². The first kappa shape index (κ1) is 17.6. The normalized spacial score (nSPS) is 11.6. The van der Waals surface area contributed by atoms with Gasteiger partial charge in [0.2, 0.25) is 0 Å². The number of rotatable bonds is 6. The molecule has 0 aliphatic rings. The lowest BCUT2D eigenvalue weighted by Crippen LogP contribution is -2.44. The van der Waals surface area contributed by atoms with E-state index in [0.29, 0.717) is 15.8 Å². The van der Waals surface area contributed by atoms with Crippen molar-refractivity contribution in [1.82, 2.24) is 10.4 Å². The van der Waals surface area contributed by atoms with E-state index in [1.807, 2.05) is 0 Å². The Labute approximate surface area is 142 Å². The average Bonchev–Trinajstić information content (AvgIpc) is 3.01. The number of hydroxylamine groups is 2. The second-order valence-corrected chi connectivity index (χ2v) is 5.35. The summed E-state index contributed by atoms with van der Waals surface area (Å²) in [6, 6.07) is 7.94. The molecule has 9 heteroatoms. The predicted octanol–water partition coefficient (Wildman–Crippen LogP) is 2.61. The van der Waals surface area contributed by atoms with Gasteiger partial charge < -0.3 is 20.2 Å². The molecule has 4 N–H and O–H groups in total. The van der Waals surface area contributed by atoms with Crippen molar-refractivity contribution in [2.45, 2.75) is 13.0 Å². The third-order valence-corrected chi connectivity index (χ3v) is 3.27. The van der Waals surface area contributed by atoms with Crippen LogP contribution in [0.2, 0.25) is 5.02 Å². The lowest BCUT2D eigenvalue weighted by atomic mass is 10.3. The average molecular weight is 354 g/mol.